The highest BCUT2D eigenvalue weighted by atomic mass is 35.5. The molecule has 7 heteroatoms. The molecule has 0 radical (unpaired) electrons. The minimum absolute atomic E-state index is 0.122. The Morgan fingerprint density at radius 1 is 1.11 bits per heavy atom. The van der Waals surface area contributed by atoms with Gasteiger partial charge in [-0.05, 0) is 29.8 Å². The fraction of sp³-hybridized carbons (Fsp3) is 0.100. The number of hydrogen-bond donors (Lipinski definition) is 0. The van der Waals surface area contributed by atoms with Crippen LogP contribution in [0, 0.1) is 0 Å². The van der Waals surface area contributed by atoms with Gasteiger partial charge in [-0.3, -0.25) is 9.36 Å². The molecule has 0 saturated carbocycles. The van der Waals surface area contributed by atoms with E-state index in [1.165, 1.54) is 15.9 Å². The molecule has 0 amide bonds. The normalized spacial score (nSPS) is 11.1. The lowest BCUT2D eigenvalue weighted by molar-refractivity contribution is 0.415. The molecule has 0 atom stereocenters. The van der Waals surface area contributed by atoms with Crippen molar-refractivity contribution in [2.45, 2.75) is 6.54 Å². The molecular formula is C20H14Cl2N2O2S. The predicted molar refractivity (Wildman–Crippen MR) is 111 cm³/mol. The molecule has 0 aliphatic heterocycles. The second kappa shape index (κ2) is 7.35. The molecule has 2 aromatic heterocycles. The third-order valence-electron chi connectivity index (χ3n) is 4.35. The quantitative estimate of drug-likeness (QED) is 0.441. The molecule has 0 aliphatic rings. The van der Waals surface area contributed by atoms with Gasteiger partial charge in [0, 0.05) is 26.6 Å². The highest BCUT2D eigenvalue weighted by Crippen LogP contribution is 2.32. The van der Waals surface area contributed by atoms with Gasteiger partial charge in [0.2, 0.25) is 0 Å². The summed E-state index contributed by atoms with van der Waals surface area (Å²) >= 11 is 14.0. The minimum Gasteiger partial charge on any atom is -0.497 e. The van der Waals surface area contributed by atoms with E-state index >= 15 is 0 Å². The summed E-state index contributed by atoms with van der Waals surface area (Å²) in [5, 5.41) is 3.59. The lowest BCUT2D eigenvalue weighted by Crippen LogP contribution is -2.21. The number of fused-ring (bicyclic) bond motifs is 1. The molecule has 4 nitrogen and oxygen atoms in total. The Labute approximate surface area is 169 Å². The van der Waals surface area contributed by atoms with Gasteiger partial charge in [0.1, 0.15) is 10.6 Å². The van der Waals surface area contributed by atoms with Crippen LogP contribution < -0.4 is 10.3 Å². The van der Waals surface area contributed by atoms with Gasteiger partial charge in [-0.2, -0.15) is 0 Å². The number of nitrogens with zero attached hydrogens (tertiary/aromatic N) is 2. The van der Waals surface area contributed by atoms with Crippen LogP contribution in [-0.2, 0) is 6.54 Å². The van der Waals surface area contributed by atoms with Crippen molar-refractivity contribution in [3.05, 3.63) is 80.1 Å². The maximum absolute atomic E-state index is 13.2. The van der Waals surface area contributed by atoms with E-state index in [0.29, 0.717) is 25.8 Å². The number of methoxy groups -OCH3 is 1. The number of ether oxygens (including phenoxy) is 1. The van der Waals surface area contributed by atoms with Gasteiger partial charge in [0.15, 0.2) is 0 Å². The molecule has 0 bridgehead atoms. The Hall–Kier alpha value is -2.34. The van der Waals surface area contributed by atoms with E-state index in [9.17, 15) is 4.79 Å². The Bertz CT molecular complexity index is 1160. The first-order chi connectivity index (χ1) is 13.1. The Morgan fingerprint density at radius 2 is 1.81 bits per heavy atom. The SMILES string of the molecule is COc1ccc(-c2csc3ncn(Cc4c(Cl)cccc4Cl)c(=O)c23)cc1. The van der Waals surface area contributed by atoms with Crippen LogP contribution in [0.3, 0.4) is 0 Å². The van der Waals surface area contributed by atoms with E-state index in [1.54, 1.807) is 31.6 Å². The number of halogens is 2. The van der Waals surface area contributed by atoms with Crippen LogP contribution in [0.1, 0.15) is 5.56 Å². The van der Waals surface area contributed by atoms with Gasteiger partial charge in [-0.25, -0.2) is 4.98 Å². The third-order valence-corrected chi connectivity index (χ3v) is 5.95. The zero-order valence-electron chi connectivity index (χ0n) is 14.3. The maximum atomic E-state index is 13.2. The van der Waals surface area contributed by atoms with E-state index in [2.05, 4.69) is 4.98 Å². The molecule has 27 heavy (non-hydrogen) atoms. The van der Waals surface area contributed by atoms with E-state index < -0.39 is 0 Å². The highest BCUT2D eigenvalue weighted by Gasteiger charge is 2.15. The number of aromatic nitrogens is 2. The topological polar surface area (TPSA) is 44.1 Å². The van der Waals surface area contributed by atoms with Gasteiger partial charge >= 0.3 is 0 Å². The molecule has 0 unspecified atom stereocenters. The van der Waals surface area contributed by atoms with Crippen LogP contribution >= 0.6 is 34.5 Å². The van der Waals surface area contributed by atoms with E-state index in [1.807, 2.05) is 29.6 Å². The summed E-state index contributed by atoms with van der Waals surface area (Å²) in [4.78, 5) is 18.3. The molecule has 0 aliphatic carbocycles. The van der Waals surface area contributed by atoms with Crippen LogP contribution in [-0.4, -0.2) is 16.7 Å². The minimum atomic E-state index is -0.122. The van der Waals surface area contributed by atoms with Crippen LogP contribution in [0.5, 0.6) is 5.75 Å². The fourth-order valence-electron chi connectivity index (χ4n) is 2.92. The van der Waals surface area contributed by atoms with E-state index in [0.717, 1.165) is 16.9 Å². The van der Waals surface area contributed by atoms with Crippen molar-refractivity contribution < 1.29 is 4.74 Å². The van der Waals surface area contributed by atoms with Gasteiger partial charge in [0.25, 0.3) is 5.56 Å². The molecular weight excluding hydrogens is 403 g/mol. The van der Waals surface area contributed by atoms with Crippen molar-refractivity contribution in [2.75, 3.05) is 7.11 Å². The van der Waals surface area contributed by atoms with Crippen molar-refractivity contribution in [1.29, 1.82) is 0 Å². The first kappa shape index (κ1) is 18.0. The lowest BCUT2D eigenvalue weighted by atomic mass is 10.1. The Kier molecular flexibility index (Phi) is 4.91. The molecule has 0 saturated heterocycles. The standard InChI is InChI=1S/C20H14Cl2N2O2S/c1-26-13-7-5-12(6-8-13)15-10-27-19-18(15)20(25)24(11-23-19)9-14-16(21)3-2-4-17(14)22/h2-8,10-11H,9H2,1H3. The third kappa shape index (κ3) is 3.34. The second-order valence-electron chi connectivity index (χ2n) is 5.94. The van der Waals surface area contributed by atoms with Crippen LogP contribution in [0.25, 0.3) is 21.3 Å². The predicted octanol–water partition coefficient (Wildman–Crippen LogP) is 5.49. The zero-order valence-corrected chi connectivity index (χ0v) is 16.6. The van der Waals surface area contributed by atoms with Crippen molar-refractivity contribution in [3.63, 3.8) is 0 Å². The van der Waals surface area contributed by atoms with E-state index in [-0.39, 0.29) is 12.1 Å². The summed E-state index contributed by atoms with van der Waals surface area (Å²) in [5.41, 5.74) is 2.37. The Balaban J connectivity index is 1.83. The highest BCUT2D eigenvalue weighted by molar-refractivity contribution is 7.17. The summed E-state index contributed by atoms with van der Waals surface area (Å²) in [5.74, 6) is 0.766. The second-order valence-corrected chi connectivity index (χ2v) is 7.61. The number of hydrogen-bond acceptors (Lipinski definition) is 4. The summed E-state index contributed by atoms with van der Waals surface area (Å²) in [6.07, 6.45) is 1.54. The van der Waals surface area contributed by atoms with Crippen molar-refractivity contribution in [2.24, 2.45) is 0 Å². The maximum Gasteiger partial charge on any atom is 0.263 e. The molecule has 4 rings (SSSR count). The first-order valence-corrected chi connectivity index (χ1v) is 9.76. The Morgan fingerprint density at radius 3 is 2.48 bits per heavy atom. The molecule has 136 valence electrons. The average molecular weight is 417 g/mol. The molecule has 2 heterocycles. The number of rotatable bonds is 4. The van der Waals surface area contributed by atoms with Crippen molar-refractivity contribution in [3.8, 4) is 16.9 Å². The molecule has 4 aromatic rings. The molecule has 2 aromatic carbocycles. The number of thiophene rings is 1. The van der Waals surface area contributed by atoms with Crippen molar-refractivity contribution in [1.82, 2.24) is 9.55 Å². The van der Waals surface area contributed by atoms with Gasteiger partial charge in [0.05, 0.1) is 25.4 Å². The number of benzene rings is 2. The van der Waals surface area contributed by atoms with Crippen molar-refractivity contribution >= 4 is 44.8 Å². The van der Waals surface area contributed by atoms with Crippen LogP contribution in [0.15, 0.2) is 59.0 Å². The fourth-order valence-corrected chi connectivity index (χ4v) is 4.34. The van der Waals surface area contributed by atoms with Gasteiger partial charge in [-0.15, -0.1) is 11.3 Å². The summed E-state index contributed by atoms with van der Waals surface area (Å²) in [6, 6.07) is 12.9. The monoisotopic (exact) mass is 416 g/mol. The molecule has 0 N–H and O–H groups in total. The first-order valence-electron chi connectivity index (χ1n) is 8.12. The smallest absolute Gasteiger partial charge is 0.263 e. The summed E-state index contributed by atoms with van der Waals surface area (Å²) < 4.78 is 6.74. The molecule has 0 spiro atoms. The largest absolute Gasteiger partial charge is 0.497 e. The summed E-state index contributed by atoms with van der Waals surface area (Å²) in [7, 11) is 1.62. The van der Waals surface area contributed by atoms with Crippen LogP contribution in [0.4, 0.5) is 0 Å². The average Bonchev–Trinajstić information content (AvgIpc) is 3.11. The van der Waals surface area contributed by atoms with E-state index in [4.69, 9.17) is 27.9 Å². The zero-order chi connectivity index (χ0) is 19.0. The molecule has 0 fully saturated rings. The summed E-state index contributed by atoms with van der Waals surface area (Å²) in [6.45, 7) is 0.262. The van der Waals surface area contributed by atoms with Crippen LogP contribution in [0.2, 0.25) is 10.0 Å². The van der Waals surface area contributed by atoms with Gasteiger partial charge < -0.3 is 4.74 Å². The lowest BCUT2D eigenvalue weighted by Gasteiger charge is -2.10. The van der Waals surface area contributed by atoms with Gasteiger partial charge in [-0.1, -0.05) is 41.4 Å².